The number of aryl methyl sites for hydroxylation is 1. The van der Waals surface area contributed by atoms with Crippen LogP contribution in [0.3, 0.4) is 0 Å². The van der Waals surface area contributed by atoms with E-state index in [0.717, 1.165) is 36.9 Å². The normalized spacial score (nSPS) is 23.8. The van der Waals surface area contributed by atoms with E-state index in [1.165, 1.54) is 24.8 Å². The van der Waals surface area contributed by atoms with Crippen LogP contribution in [0, 0.1) is 12.8 Å². The topological polar surface area (TPSA) is 46.6 Å². The maximum absolute atomic E-state index is 6.00. The molecule has 0 saturated carbocycles. The van der Waals surface area contributed by atoms with Gasteiger partial charge in [-0.1, -0.05) is 19.4 Å². The van der Waals surface area contributed by atoms with Crippen molar-refractivity contribution in [2.45, 2.75) is 45.7 Å². The summed E-state index contributed by atoms with van der Waals surface area (Å²) in [5.74, 6) is 0.845. The zero-order valence-electron chi connectivity index (χ0n) is 13.1. The lowest BCUT2D eigenvalue weighted by atomic mass is 9.89. The highest BCUT2D eigenvalue weighted by Gasteiger charge is 2.27. The van der Waals surface area contributed by atoms with Crippen molar-refractivity contribution in [2.24, 2.45) is 11.7 Å². The van der Waals surface area contributed by atoms with E-state index in [1.807, 2.05) is 0 Å². The number of rotatable bonds is 4. The lowest BCUT2D eigenvalue weighted by Gasteiger charge is -2.38. The van der Waals surface area contributed by atoms with Crippen molar-refractivity contribution < 1.29 is 0 Å². The molecule has 1 aliphatic rings. The van der Waals surface area contributed by atoms with Gasteiger partial charge in [-0.05, 0) is 43.9 Å². The lowest BCUT2D eigenvalue weighted by Crippen LogP contribution is -2.46. The third-order valence-electron chi connectivity index (χ3n) is 4.89. The van der Waals surface area contributed by atoms with Gasteiger partial charge in [-0.15, -0.1) is 0 Å². The summed E-state index contributed by atoms with van der Waals surface area (Å²) in [5.41, 5.74) is 9.44. The molecule has 2 aromatic heterocycles. The number of piperidine rings is 1. The first kappa shape index (κ1) is 14.5. The molecule has 0 bridgehead atoms. The Morgan fingerprint density at radius 3 is 3.00 bits per heavy atom. The summed E-state index contributed by atoms with van der Waals surface area (Å²) in [5, 5.41) is 0. The van der Waals surface area contributed by atoms with Crippen molar-refractivity contribution in [3.8, 4) is 0 Å². The molecule has 1 fully saturated rings. The standard InChI is InChI=1S/C17H26N4/c1-3-14-6-8-20(16(9-14)10-18)11-15-12-21-7-4-5-13(2)17(21)19-15/h4-5,7,12,14,16H,3,6,8-11,18H2,1-2H3. The van der Waals surface area contributed by atoms with Gasteiger partial charge in [0.15, 0.2) is 0 Å². The van der Waals surface area contributed by atoms with Crippen molar-refractivity contribution in [3.05, 3.63) is 35.8 Å². The monoisotopic (exact) mass is 286 g/mol. The van der Waals surface area contributed by atoms with E-state index in [9.17, 15) is 0 Å². The number of hydrogen-bond acceptors (Lipinski definition) is 3. The van der Waals surface area contributed by atoms with E-state index < -0.39 is 0 Å². The molecule has 2 aromatic rings. The summed E-state index contributed by atoms with van der Waals surface area (Å²) in [6.45, 7) is 7.22. The Morgan fingerprint density at radius 1 is 1.43 bits per heavy atom. The molecular formula is C17H26N4. The molecule has 0 aromatic carbocycles. The van der Waals surface area contributed by atoms with Crippen LogP contribution in [-0.4, -0.2) is 33.4 Å². The van der Waals surface area contributed by atoms with Crippen molar-refractivity contribution in [3.63, 3.8) is 0 Å². The number of hydrogen-bond donors (Lipinski definition) is 1. The van der Waals surface area contributed by atoms with Gasteiger partial charge in [-0.2, -0.15) is 0 Å². The van der Waals surface area contributed by atoms with E-state index >= 15 is 0 Å². The summed E-state index contributed by atoms with van der Waals surface area (Å²) < 4.78 is 2.13. The first-order valence-electron chi connectivity index (χ1n) is 8.08. The van der Waals surface area contributed by atoms with Crippen LogP contribution in [-0.2, 0) is 6.54 Å². The minimum Gasteiger partial charge on any atom is -0.329 e. The minimum atomic E-state index is 0.509. The quantitative estimate of drug-likeness (QED) is 0.939. The Hall–Kier alpha value is -1.39. The fraction of sp³-hybridized carbons (Fsp3) is 0.588. The molecule has 0 spiro atoms. The molecule has 4 nitrogen and oxygen atoms in total. The number of likely N-dealkylation sites (tertiary alicyclic amines) is 1. The van der Waals surface area contributed by atoms with Crippen LogP contribution in [0.15, 0.2) is 24.5 Å². The molecule has 2 unspecified atom stereocenters. The van der Waals surface area contributed by atoms with Gasteiger partial charge in [0.25, 0.3) is 0 Å². The summed E-state index contributed by atoms with van der Waals surface area (Å²) in [7, 11) is 0. The average Bonchev–Trinajstić information content (AvgIpc) is 2.91. The molecule has 2 N–H and O–H groups in total. The molecule has 3 rings (SSSR count). The maximum atomic E-state index is 6.00. The molecule has 4 heteroatoms. The zero-order valence-corrected chi connectivity index (χ0v) is 13.1. The fourth-order valence-electron chi connectivity index (χ4n) is 3.50. The van der Waals surface area contributed by atoms with Crippen LogP contribution in [0.1, 0.15) is 37.4 Å². The summed E-state index contributed by atoms with van der Waals surface area (Å²) in [4.78, 5) is 7.31. The van der Waals surface area contributed by atoms with Crippen LogP contribution in [0.2, 0.25) is 0 Å². The van der Waals surface area contributed by atoms with Gasteiger partial charge >= 0.3 is 0 Å². The van der Waals surface area contributed by atoms with Crippen LogP contribution in [0.5, 0.6) is 0 Å². The molecule has 2 atom stereocenters. The summed E-state index contributed by atoms with van der Waals surface area (Å²) in [6, 6.07) is 4.69. The molecule has 21 heavy (non-hydrogen) atoms. The van der Waals surface area contributed by atoms with Crippen LogP contribution < -0.4 is 5.73 Å². The molecule has 0 radical (unpaired) electrons. The van der Waals surface area contributed by atoms with E-state index in [-0.39, 0.29) is 0 Å². The number of fused-ring (bicyclic) bond motifs is 1. The van der Waals surface area contributed by atoms with Crippen LogP contribution in [0.25, 0.3) is 5.65 Å². The van der Waals surface area contributed by atoms with Crippen LogP contribution >= 0.6 is 0 Å². The Kier molecular flexibility index (Phi) is 4.27. The third kappa shape index (κ3) is 2.97. The molecule has 1 saturated heterocycles. The molecule has 0 aliphatic carbocycles. The number of aromatic nitrogens is 2. The Labute approximate surface area is 127 Å². The van der Waals surface area contributed by atoms with E-state index in [0.29, 0.717) is 6.04 Å². The fourth-order valence-corrected chi connectivity index (χ4v) is 3.50. The average molecular weight is 286 g/mol. The maximum Gasteiger partial charge on any atom is 0.139 e. The van der Waals surface area contributed by atoms with Gasteiger partial charge in [0.1, 0.15) is 5.65 Å². The molecule has 3 heterocycles. The highest BCUT2D eigenvalue weighted by atomic mass is 15.2. The highest BCUT2D eigenvalue weighted by Crippen LogP contribution is 2.26. The van der Waals surface area contributed by atoms with Crippen molar-refractivity contribution in [1.82, 2.24) is 14.3 Å². The smallest absolute Gasteiger partial charge is 0.139 e. The van der Waals surface area contributed by atoms with Crippen LogP contribution in [0.4, 0.5) is 0 Å². The van der Waals surface area contributed by atoms with Crippen molar-refractivity contribution >= 4 is 5.65 Å². The number of nitrogens with two attached hydrogens (primary N) is 1. The second kappa shape index (κ2) is 6.16. The van der Waals surface area contributed by atoms with Gasteiger partial charge in [-0.3, -0.25) is 4.90 Å². The third-order valence-corrected chi connectivity index (χ3v) is 4.89. The largest absolute Gasteiger partial charge is 0.329 e. The molecule has 0 amide bonds. The van der Waals surface area contributed by atoms with Gasteiger partial charge in [0, 0.05) is 31.5 Å². The van der Waals surface area contributed by atoms with Crippen molar-refractivity contribution in [2.75, 3.05) is 13.1 Å². The lowest BCUT2D eigenvalue weighted by molar-refractivity contribution is 0.106. The highest BCUT2D eigenvalue weighted by molar-refractivity contribution is 5.47. The first-order valence-corrected chi connectivity index (χ1v) is 8.08. The van der Waals surface area contributed by atoms with Gasteiger partial charge in [0.2, 0.25) is 0 Å². The van der Waals surface area contributed by atoms with E-state index in [2.05, 4.69) is 47.7 Å². The van der Waals surface area contributed by atoms with Crippen molar-refractivity contribution in [1.29, 1.82) is 0 Å². The predicted molar refractivity (Wildman–Crippen MR) is 86.2 cm³/mol. The Bertz CT molecular complexity index is 604. The molecule has 114 valence electrons. The SMILES string of the molecule is CCC1CCN(Cc2cn3cccc(C)c3n2)C(CN)C1. The molecular weight excluding hydrogens is 260 g/mol. The number of imidazole rings is 1. The summed E-state index contributed by atoms with van der Waals surface area (Å²) in [6.07, 6.45) is 8.03. The Balaban J connectivity index is 1.76. The van der Waals surface area contributed by atoms with Gasteiger partial charge < -0.3 is 10.1 Å². The summed E-state index contributed by atoms with van der Waals surface area (Å²) >= 11 is 0. The van der Waals surface area contributed by atoms with E-state index in [1.54, 1.807) is 0 Å². The van der Waals surface area contributed by atoms with E-state index in [4.69, 9.17) is 10.7 Å². The zero-order chi connectivity index (χ0) is 14.8. The van der Waals surface area contributed by atoms with Gasteiger partial charge in [0.05, 0.1) is 5.69 Å². The predicted octanol–water partition coefficient (Wildman–Crippen LogP) is 2.59. The second-order valence-corrected chi connectivity index (χ2v) is 6.31. The Morgan fingerprint density at radius 2 is 2.29 bits per heavy atom. The minimum absolute atomic E-state index is 0.509. The number of pyridine rings is 1. The second-order valence-electron chi connectivity index (χ2n) is 6.31. The molecule has 1 aliphatic heterocycles. The van der Waals surface area contributed by atoms with Gasteiger partial charge in [-0.25, -0.2) is 4.98 Å². The number of nitrogens with zero attached hydrogens (tertiary/aromatic N) is 3. The first-order chi connectivity index (χ1) is 10.2.